The van der Waals surface area contributed by atoms with Crippen LogP contribution in [0.25, 0.3) is 0 Å². The third-order valence-corrected chi connectivity index (χ3v) is 1.00. The van der Waals surface area contributed by atoms with Gasteiger partial charge in [0.15, 0.2) is 0 Å². The quantitative estimate of drug-likeness (QED) is 0.529. The van der Waals surface area contributed by atoms with Gasteiger partial charge in [0.25, 0.3) is 0 Å². The van der Waals surface area contributed by atoms with E-state index in [9.17, 15) is 4.39 Å². The molecule has 2 N–H and O–H groups in total. The van der Waals surface area contributed by atoms with E-state index >= 15 is 0 Å². The predicted molar refractivity (Wildman–Crippen MR) is 33.3 cm³/mol. The number of hydrogen-bond donors (Lipinski definition) is 1. The molecule has 1 rings (SSSR count). The van der Waals surface area contributed by atoms with Gasteiger partial charge in [0.2, 0.25) is 5.95 Å². The van der Waals surface area contributed by atoms with Crippen LogP contribution >= 0.6 is 0 Å². The molecule has 0 saturated heterocycles. The van der Waals surface area contributed by atoms with E-state index in [2.05, 4.69) is 4.98 Å². The van der Waals surface area contributed by atoms with E-state index in [-0.39, 0.29) is 5.69 Å². The second-order valence-corrected chi connectivity index (χ2v) is 1.89. The van der Waals surface area contributed by atoms with Crippen LogP contribution < -0.4 is 5.73 Å². The Balaban J connectivity index is 3.17. The summed E-state index contributed by atoms with van der Waals surface area (Å²) in [5, 5.41) is 0. The lowest BCUT2D eigenvalue weighted by molar-refractivity contribution is 0.588. The van der Waals surface area contributed by atoms with E-state index in [4.69, 9.17) is 5.73 Å². The van der Waals surface area contributed by atoms with Crippen LogP contribution in [0.5, 0.6) is 0 Å². The SMILES string of the molecule is Cc1cnc(F)c(N)c1. The first kappa shape index (κ1) is 6.01. The molecule has 0 radical (unpaired) electrons. The largest absolute Gasteiger partial charge is 0.395 e. The van der Waals surface area contributed by atoms with Crippen molar-refractivity contribution in [2.75, 3.05) is 5.73 Å². The molecule has 0 aromatic carbocycles. The number of aryl methyl sites for hydroxylation is 1. The van der Waals surface area contributed by atoms with E-state index in [0.717, 1.165) is 5.56 Å². The van der Waals surface area contributed by atoms with Gasteiger partial charge in [-0.25, -0.2) is 4.98 Å². The number of nitrogens with zero attached hydrogens (tertiary/aromatic N) is 1. The van der Waals surface area contributed by atoms with Crippen molar-refractivity contribution in [2.24, 2.45) is 0 Å². The second-order valence-electron chi connectivity index (χ2n) is 1.89. The highest BCUT2D eigenvalue weighted by molar-refractivity contribution is 5.37. The number of nitrogen functional groups attached to an aromatic ring is 1. The number of aromatic nitrogens is 1. The zero-order chi connectivity index (χ0) is 6.85. The molecule has 0 spiro atoms. The first-order valence-electron chi connectivity index (χ1n) is 2.58. The number of nitrogens with two attached hydrogens (primary N) is 1. The van der Waals surface area contributed by atoms with Crippen LogP contribution in [-0.4, -0.2) is 4.98 Å². The molecule has 48 valence electrons. The van der Waals surface area contributed by atoms with Gasteiger partial charge in [-0.3, -0.25) is 0 Å². The standard InChI is InChI=1S/C6H7FN2/c1-4-2-5(8)6(7)9-3-4/h2-3H,8H2,1H3. The molecule has 0 saturated carbocycles. The number of rotatable bonds is 0. The summed E-state index contributed by atoms with van der Waals surface area (Å²) in [4.78, 5) is 3.39. The number of pyridine rings is 1. The van der Waals surface area contributed by atoms with Crippen molar-refractivity contribution in [1.29, 1.82) is 0 Å². The molecule has 0 atom stereocenters. The molecule has 1 aromatic heterocycles. The Labute approximate surface area is 52.5 Å². The maximum atomic E-state index is 12.3. The van der Waals surface area contributed by atoms with Gasteiger partial charge in [-0.2, -0.15) is 4.39 Å². The Bertz CT molecular complexity index is 222. The summed E-state index contributed by atoms with van der Waals surface area (Å²) in [5.41, 5.74) is 6.16. The van der Waals surface area contributed by atoms with Crippen molar-refractivity contribution in [3.05, 3.63) is 23.8 Å². The maximum Gasteiger partial charge on any atom is 0.235 e. The molecule has 0 aliphatic heterocycles. The lowest BCUT2D eigenvalue weighted by atomic mass is 10.3. The number of anilines is 1. The van der Waals surface area contributed by atoms with Crippen molar-refractivity contribution in [3.63, 3.8) is 0 Å². The minimum absolute atomic E-state index is 0.106. The van der Waals surface area contributed by atoms with Gasteiger partial charge in [0.05, 0.1) is 5.69 Å². The summed E-state index contributed by atoms with van der Waals surface area (Å²) in [7, 11) is 0. The summed E-state index contributed by atoms with van der Waals surface area (Å²) in [6, 6.07) is 1.54. The molecule has 0 fully saturated rings. The summed E-state index contributed by atoms with van der Waals surface area (Å²) in [5.74, 6) is -0.597. The summed E-state index contributed by atoms with van der Waals surface area (Å²) in [6.45, 7) is 1.81. The Hall–Kier alpha value is -1.12. The lowest BCUT2D eigenvalue weighted by Gasteiger charge is -1.94. The fourth-order valence-corrected chi connectivity index (χ4v) is 0.575. The fraction of sp³-hybridized carbons (Fsp3) is 0.167. The van der Waals surface area contributed by atoms with Gasteiger partial charge in [0, 0.05) is 6.20 Å². The molecule has 0 aliphatic rings. The molecule has 0 aliphatic carbocycles. The Morgan fingerprint density at radius 2 is 2.33 bits per heavy atom. The Morgan fingerprint density at radius 3 is 2.78 bits per heavy atom. The number of hydrogen-bond acceptors (Lipinski definition) is 2. The average Bonchev–Trinajstić information content (AvgIpc) is 1.80. The topological polar surface area (TPSA) is 38.9 Å². The molecule has 0 unspecified atom stereocenters. The van der Waals surface area contributed by atoms with Gasteiger partial charge in [-0.15, -0.1) is 0 Å². The molecular weight excluding hydrogens is 119 g/mol. The summed E-state index contributed by atoms with van der Waals surface area (Å²) < 4.78 is 12.3. The van der Waals surface area contributed by atoms with E-state index in [1.807, 2.05) is 6.92 Å². The van der Waals surface area contributed by atoms with Crippen molar-refractivity contribution in [2.45, 2.75) is 6.92 Å². The first-order chi connectivity index (χ1) is 4.20. The number of halogens is 1. The van der Waals surface area contributed by atoms with Gasteiger partial charge < -0.3 is 5.73 Å². The molecule has 0 amide bonds. The Kier molecular flexibility index (Phi) is 1.34. The van der Waals surface area contributed by atoms with Gasteiger partial charge >= 0.3 is 0 Å². The predicted octanol–water partition coefficient (Wildman–Crippen LogP) is 1.11. The minimum atomic E-state index is -0.597. The van der Waals surface area contributed by atoms with Crippen LogP contribution in [0.15, 0.2) is 12.3 Å². The summed E-state index contributed by atoms with van der Waals surface area (Å²) in [6.07, 6.45) is 1.44. The van der Waals surface area contributed by atoms with Crippen molar-refractivity contribution >= 4 is 5.69 Å². The highest BCUT2D eigenvalue weighted by Crippen LogP contribution is 2.06. The Morgan fingerprint density at radius 1 is 1.67 bits per heavy atom. The van der Waals surface area contributed by atoms with Crippen molar-refractivity contribution in [3.8, 4) is 0 Å². The molecule has 9 heavy (non-hydrogen) atoms. The van der Waals surface area contributed by atoms with Gasteiger partial charge in [-0.1, -0.05) is 0 Å². The van der Waals surface area contributed by atoms with Crippen molar-refractivity contribution in [1.82, 2.24) is 4.98 Å². The smallest absolute Gasteiger partial charge is 0.235 e. The molecule has 2 nitrogen and oxygen atoms in total. The van der Waals surface area contributed by atoms with Crippen LogP contribution in [0, 0.1) is 12.9 Å². The zero-order valence-electron chi connectivity index (χ0n) is 5.06. The van der Waals surface area contributed by atoms with Crippen LogP contribution in [0.2, 0.25) is 0 Å². The second kappa shape index (κ2) is 2.01. The lowest BCUT2D eigenvalue weighted by Crippen LogP contribution is -1.93. The van der Waals surface area contributed by atoms with Crippen LogP contribution in [0.1, 0.15) is 5.56 Å². The average molecular weight is 126 g/mol. The molecule has 1 heterocycles. The molecule has 1 aromatic rings. The molecule has 3 heteroatoms. The minimum Gasteiger partial charge on any atom is -0.395 e. The molecule has 0 bridgehead atoms. The van der Waals surface area contributed by atoms with E-state index in [1.54, 1.807) is 6.07 Å². The fourth-order valence-electron chi connectivity index (χ4n) is 0.575. The van der Waals surface area contributed by atoms with Crippen LogP contribution in [0.3, 0.4) is 0 Å². The van der Waals surface area contributed by atoms with E-state index in [1.165, 1.54) is 6.20 Å². The van der Waals surface area contributed by atoms with Crippen molar-refractivity contribution < 1.29 is 4.39 Å². The van der Waals surface area contributed by atoms with Gasteiger partial charge in [0.1, 0.15) is 0 Å². The normalized spacial score (nSPS) is 9.56. The molecular formula is C6H7FN2. The van der Waals surface area contributed by atoms with Crippen LogP contribution in [-0.2, 0) is 0 Å². The van der Waals surface area contributed by atoms with E-state index in [0.29, 0.717) is 0 Å². The highest BCUT2D eigenvalue weighted by atomic mass is 19.1. The third-order valence-electron chi connectivity index (χ3n) is 1.00. The maximum absolute atomic E-state index is 12.3. The monoisotopic (exact) mass is 126 g/mol. The van der Waals surface area contributed by atoms with Crippen LogP contribution in [0.4, 0.5) is 10.1 Å². The first-order valence-corrected chi connectivity index (χ1v) is 2.58. The highest BCUT2D eigenvalue weighted by Gasteiger charge is 1.95. The van der Waals surface area contributed by atoms with E-state index < -0.39 is 5.95 Å². The third kappa shape index (κ3) is 1.16. The van der Waals surface area contributed by atoms with Gasteiger partial charge in [-0.05, 0) is 18.6 Å². The zero-order valence-corrected chi connectivity index (χ0v) is 5.06. The summed E-state index contributed by atoms with van der Waals surface area (Å²) >= 11 is 0.